The molecule has 0 aliphatic rings. The second-order valence-electron chi connectivity index (χ2n) is 4.72. The monoisotopic (exact) mass is 281 g/mol. The van der Waals surface area contributed by atoms with Crippen LogP contribution in [-0.2, 0) is 4.79 Å². The number of anilines is 1. The molecule has 1 heterocycles. The Hall–Kier alpha value is -2.18. The molecule has 20 heavy (non-hydrogen) atoms. The van der Waals surface area contributed by atoms with Crippen molar-refractivity contribution in [1.82, 2.24) is 4.98 Å². The summed E-state index contributed by atoms with van der Waals surface area (Å²) < 4.78 is 0. The van der Waals surface area contributed by atoms with Crippen LogP contribution in [0.3, 0.4) is 0 Å². The van der Waals surface area contributed by atoms with E-state index in [1.54, 1.807) is 26.8 Å². The Bertz CT molecular complexity index is 512. The number of nitro groups is 1. The molecule has 110 valence electrons. The van der Waals surface area contributed by atoms with Crippen LogP contribution in [-0.4, -0.2) is 27.5 Å². The third-order valence-electron chi connectivity index (χ3n) is 3.61. The largest absolute Gasteiger partial charge is 0.481 e. The smallest absolute Gasteiger partial charge is 0.311 e. The van der Waals surface area contributed by atoms with Crippen LogP contribution in [0, 0.1) is 22.5 Å². The van der Waals surface area contributed by atoms with Gasteiger partial charge in [-0.25, -0.2) is 4.98 Å². The van der Waals surface area contributed by atoms with Crippen molar-refractivity contribution in [2.45, 2.75) is 33.6 Å². The predicted molar refractivity (Wildman–Crippen MR) is 74.8 cm³/mol. The molecule has 0 fully saturated rings. The number of nitrogens with zero attached hydrogens (tertiary/aromatic N) is 2. The summed E-state index contributed by atoms with van der Waals surface area (Å²) in [5.41, 5.74) is -0.464. The number of hydrogen-bond donors (Lipinski definition) is 2. The Morgan fingerprint density at radius 2 is 2.05 bits per heavy atom. The van der Waals surface area contributed by atoms with Crippen LogP contribution >= 0.6 is 0 Å². The van der Waals surface area contributed by atoms with E-state index in [1.807, 2.05) is 0 Å². The van der Waals surface area contributed by atoms with E-state index >= 15 is 0 Å². The lowest BCUT2D eigenvalue weighted by molar-refractivity contribution is -0.384. The van der Waals surface area contributed by atoms with Gasteiger partial charge in [-0.3, -0.25) is 14.9 Å². The Kier molecular flexibility index (Phi) is 5.01. The minimum atomic E-state index is -0.945. The number of hydrogen-bond acceptors (Lipinski definition) is 5. The molecule has 0 saturated heterocycles. The SMILES string of the molecule is CCC(CC)(CNc1nc(C)ccc1[N+](=O)[O-])C(=O)O. The molecule has 7 nitrogen and oxygen atoms in total. The number of nitrogens with one attached hydrogen (secondary N) is 1. The normalized spacial score (nSPS) is 11.2. The molecule has 0 bridgehead atoms. The fourth-order valence-electron chi connectivity index (χ4n) is 1.96. The van der Waals surface area contributed by atoms with Gasteiger partial charge in [0.2, 0.25) is 5.82 Å². The number of carboxylic acids is 1. The second-order valence-corrected chi connectivity index (χ2v) is 4.72. The first-order valence-electron chi connectivity index (χ1n) is 6.45. The van der Waals surface area contributed by atoms with E-state index < -0.39 is 16.3 Å². The number of pyridine rings is 1. The molecule has 1 rings (SSSR count). The van der Waals surface area contributed by atoms with Gasteiger partial charge in [-0.05, 0) is 25.8 Å². The Morgan fingerprint density at radius 3 is 2.50 bits per heavy atom. The molecule has 0 aromatic carbocycles. The third kappa shape index (κ3) is 3.23. The van der Waals surface area contributed by atoms with Crippen molar-refractivity contribution in [2.75, 3.05) is 11.9 Å². The van der Waals surface area contributed by atoms with E-state index in [9.17, 15) is 20.0 Å². The summed E-state index contributed by atoms with van der Waals surface area (Å²) in [5.74, 6) is -0.798. The van der Waals surface area contributed by atoms with Crippen LogP contribution < -0.4 is 5.32 Å². The fraction of sp³-hybridized carbons (Fsp3) is 0.538. The molecule has 0 amide bonds. The second kappa shape index (κ2) is 6.31. The summed E-state index contributed by atoms with van der Waals surface area (Å²) in [6.07, 6.45) is 0.872. The van der Waals surface area contributed by atoms with Crippen LogP contribution in [0.5, 0.6) is 0 Å². The van der Waals surface area contributed by atoms with E-state index in [0.717, 1.165) is 0 Å². The Balaban J connectivity index is 3.01. The highest BCUT2D eigenvalue weighted by molar-refractivity contribution is 5.75. The maximum Gasteiger partial charge on any atom is 0.311 e. The molecule has 0 unspecified atom stereocenters. The van der Waals surface area contributed by atoms with Gasteiger partial charge in [-0.1, -0.05) is 13.8 Å². The molecular weight excluding hydrogens is 262 g/mol. The quantitative estimate of drug-likeness (QED) is 0.588. The molecule has 2 N–H and O–H groups in total. The van der Waals surface area contributed by atoms with Crippen LogP contribution in [0.15, 0.2) is 12.1 Å². The molecule has 0 aliphatic carbocycles. The number of aromatic nitrogens is 1. The van der Waals surface area contributed by atoms with Gasteiger partial charge >= 0.3 is 11.7 Å². The molecule has 0 atom stereocenters. The van der Waals surface area contributed by atoms with Gasteiger partial charge in [0.25, 0.3) is 0 Å². The van der Waals surface area contributed by atoms with Gasteiger partial charge in [0.05, 0.1) is 10.3 Å². The van der Waals surface area contributed by atoms with Crippen LogP contribution in [0.2, 0.25) is 0 Å². The highest BCUT2D eigenvalue weighted by atomic mass is 16.6. The van der Waals surface area contributed by atoms with E-state index in [1.165, 1.54) is 6.07 Å². The standard InChI is InChI=1S/C13H19N3O4/c1-4-13(5-2,12(17)18)8-14-11-10(16(19)20)7-6-9(3)15-11/h6-7H,4-5,8H2,1-3H3,(H,14,15)(H,17,18). The molecule has 1 aromatic heterocycles. The van der Waals surface area contributed by atoms with Crippen LogP contribution in [0.25, 0.3) is 0 Å². The van der Waals surface area contributed by atoms with Crippen molar-refractivity contribution in [3.8, 4) is 0 Å². The summed E-state index contributed by atoms with van der Waals surface area (Å²) in [5, 5.41) is 23.1. The minimum Gasteiger partial charge on any atom is -0.481 e. The summed E-state index contributed by atoms with van der Waals surface area (Å²) >= 11 is 0. The average molecular weight is 281 g/mol. The van der Waals surface area contributed by atoms with Crippen molar-refractivity contribution >= 4 is 17.5 Å². The van der Waals surface area contributed by atoms with Crippen molar-refractivity contribution in [1.29, 1.82) is 0 Å². The Morgan fingerprint density at radius 1 is 1.45 bits per heavy atom. The van der Waals surface area contributed by atoms with Crippen molar-refractivity contribution < 1.29 is 14.8 Å². The highest BCUT2D eigenvalue weighted by Crippen LogP contribution is 2.29. The molecule has 0 radical (unpaired) electrons. The van der Waals surface area contributed by atoms with Crippen LogP contribution in [0.1, 0.15) is 32.4 Å². The number of aryl methyl sites for hydroxylation is 1. The van der Waals surface area contributed by atoms with Gasteiger partial charge in [-0.15, -0.1) is 0 Å². The first-order valence-corrected chi connectivity index (χ1v) is 6.45. The first-order chi connectivity index (χ1) is 9.36. The number of carbonyl (C=O) groups is 1. The zero-order valence-corrected chi connectivity index (χ0v) is 11.8. The molecule has 0 saturated carbocycles. The van der Waals surface area contributed by atoms with Gasteiger partial charge in [0.1, 0.15) is 0 Å². The van der Waals surface area contributed by atoms with Gasteiger partial charge in [0.15, 0.2) is 0 Å². The summed E-state index contributed by atoms with van der Waals surface area (Å²) in [6, 6.07) is 2.92. The summed E-state index contributed by atoms with van der Waals surface area (Å²) in [4.78, 5) is 25.9. The zero-order chi connectivity index (χ0) is 15.3. The van der Waals surface area contributed by atoms with Crippen molar-refractivity contribution in [3.05, 3.63) is 27.9 Å². The fourth-order valence-corrected chi connectivity index (χ4v) is 1.96. The van der Waals surface area contributed by atoms with Gasteiger partial charge in [-0.2, -0.15) is 0 Å². The lowest BCUT2D eigenvalue weighted by Gasteiger charge is -2.27. The predicted octanol–water partition coefficient (Wildman–Crippen LogP) is 2.60. The van der Waals surface area contributed by atoms with Gasteiger partial charge in [0, 0.05) is 18.3 Å². The minimum absolute atomic E-state index is 0.104. The molecule has 0 aliphatic heterocycles. The maximum atomic E-state index is 11.4. The van der Waals surface area contributed by atoms with Gasteiger partial charge < -0.3 is 10.4 Å². The lowest BCUT2D eigenvalue weighted by atomic mass is 9.82. The average Bonchev–Trinajstić information content (AvgIpc) is 2.39. The molecule has 0 spiro atoms. The van der Waals surface area contributed by atoms with Crippen LogP contribution in [0.4, 0.5) is 11.5 Å². The third-order valence-corrected chi connectivity index (χ3v) is 3.61. The molecular formula is C13H19N3O4. The van der Waals surface area contributed by atoms with E-state index in [0.29, 0.717) is 18.5 Å². The summed E-state index contributed by atoms with van der Waals surface area (Å²) in [6.45, 7) is 5.40. The topological polar surface area (TPSA) is 105 Å². The lowest BCUT2D eigenvalue weighted by Crippen LogP contribution is -2.37. The number of carboxylic acid groups (broad SMARTS) is 1. The molecule has 7 heteroatoms. The Labute approximate surface area is 117 Å². The molecule has 1 aromatic rings. The maximum absolute atomic E-state index is 11.4. The number of aliphatic carboxylic acids is 1. The summed E-state index contributed by atoms with van der Waals surface area (Å²) in [7, 11) is 0. The first kappa shape index (κ1) is 15.9. The van der Waals surface area contributed by atoms with E-state index in [-0.39, 0.29) is 18.1 Å². The highest BCUT2D eigenvalue weighted by Gasteiger charge is 2.35. The van der Waals surface area contributed by atoms with E-state index in [2.05, 4.69) is 10.3 Å². The van der Waals surface area contributed by atoms with E-state index in [4.69, 9.17) is 0 Å². The zero-order valence-electron chi connectivity index (χ0n) is 11.8. The van der Waals surface area contributed by atoms with Crippen molar-refractivity contribution in [2.24, 2.45) is 5.41 Å². The number of rotatable bonds is 7. The van der Waals surface area contributed by atoms with Crippen molar-refractivity contribution in [3.63, 3.8) is 0 Å².